The molecule has 0 saturated carbocycles. The van der Waals surface area contributed by atoms with Crippen LogP contribution in [0.3, 0.4) is 0 Å². The Bertz CT molecular complexity index is 513. The SMILES string of the molecule is CC(=O)OC(C)(C)C[N+]([O-])=Cc1ccc(F)cc1F. The van der Waals surface area contributed by atoms with Gasteiger partial charge in [0.2, 0.25) is 0 Å². The number of benzene rings is 1. The third-order valence-corrected chi connectivity index (χ3v) is 2.20. The van der Waals surface area contributed by atoms with Crippen molar-refractivity contribution in [2.75, 3.05) is 6.54 Å². The molecule has 6 heteroatoms. The largest absolute Gasteiger partial charge is 0.624 e. The van der Waals surface area contributed by atoms with Gasteiger partial charge in [-0.05, 0) is 26.0 Å². The normalized spacial score (nSPS) is 12.4. The van der Waals surface area contributed by atoms with Crippen molar-refractivity contribution >= 4 is 12.2 Å². The zero-order valence-electron chi connectivity index (χ0n) is 10.9. The van der Waals surface area contributed by atoms with Gasteiger partial charge in [-0.15, -0.1) is 0 Å². The summed E-state index contributed by atoms with van der Waals surface area (Å²) in [6.07, 6.45) is 0.986. The molecule has 0 heterocycles. The summed E-state index contributed by atoms with van der Waals surface area (Å²) in [5, 5.41) is 11.7. The Kier molecular flexibility index (Phi) is 4.58. The Morgan fingerprint density at radius 2 is 2.11 bits per heavy atom. The van der Waals surface area contributed by atoms with E-state index in [-0.39, 0.29) is 12.1 Å². The van der Waals surface area contributed by atoms with E-state index >= 15 is 0 Å². The van der Waals surface area contributed by atoms with Gasteiger partial charge in [-0.2, -0.15) is 0 Å². The first-order chi connectivity index (χ1) is 8.69. The third kappa shape index (κ3) is 5.03. The minimum Gasteiger partial charge on any atom is -0.624 e. The summed E-state index contributed by atoms with van der Waals surface area (Å²) in [5.74, 6) is -2.05. The van der Waals surface area contributed by atoms with Crippen LogP contribution in [0.5, 0.6) is 0 Å². The standard InChI is InChI=1S/C13H15F2NO3/c1-9(17)19-13(2,3)8-16(18)7-10-4-5-11(14)6-12(10)15/h4-7H,8H2,1-3H3. The van der Waals surface area contributed by atoms with E-state index in [1.165, 1.54) is 6.92 Å². The number of nitrogens with zero attached hydrogens (tertiary/aromatic N) is 1. The topological polar surface area (TPSA) is 52.4 Å². The molecule has 1 aromatic rings. The second-order valence-electron chi connectivity index (χ2n) is 4.72. The molecule has 0 aromatic heterocycles. The van der Waals surface area contributed by atoms with Crippen LogP contribution in [0.15, 0.2) is 18.2 Å². The highest BCUT2D eigenvalue weighted by molar-refractivity contribution is 5.76. The lowest BCUT2D eigenvalue weighted by atomic mass is 10.1. The minimum absolute atomic E-state index is 0.0324. The van der Waals surface area contributed by atoms with E-state index in [2.05, 4.69) is 0 Å². The molecule has 0 fully saturated rings. The van der Waals surface area contributed by atoms with Gasteiger partial charge in [-0.25, -0.2) is 13.5 Å². The molecule has 4 nitrogen and oxygen atoms in total. The van der Waals surface area contributed by atoms with E-state index in [1.807, 2.05) is 0 Å². The molecule has 0 aliphatic carbocycles. The molecule has 0 aliphatic rings. The number of esters is 1. The highest BCUT2D eigenvalue weighted by atomic mass is 19.1. The molecule has 0 radical (unpaired) electrons. The maximum atomic E-state index is 13.3. The van der Waals surface area contributed by atoms with Crippen LogP contribution in [-0.2, 0) is 9.53 Å². The van der Waals surface area contributed by atoms with Gasteiger partial charge in [-0.1, -0.05) is 0 Å². The second kappa shape index (κ2) is 5.77. The molecule has 104 valence electrons. The van der Waals surface area contributed by atoms with Crippen LogP contribution in [0.1, 0.15) is 26.3 Å². The summed E-state index contributed by atoms with van der Waals surface area (Å²) < 4.78 is 31.4. The van der Waals surface area contributed by atoms with Crippen molar-refractivity contribution in [1.29, 1.82) is 0 Å². The number of halogens is 2. The van der Waals surface area contributed by atoms with Crippen LogP contribution in [0, 0.1) is 16.8 Å². The van der Waals surface area contributed by atoms with Crippen LogP contribution in [0.2, 0.25) is 0 Å². The van der Waals surface area contributed by atoms with Crippen molar-refractivity contribution in [3.63, 3.8) is 0 Å². The Morgan fingerprint density at radius 3 is 2.63 bits per heavy atom. The number of hydrogen-bond acceptors (Lipinski definition) is 3. The lowest BCUT2D eigenvalue weighted by molar-refractivity contribution is -0.472. The van der Waals surface area contributed by atoms with Crippen LogP contribution < -0.4 is 0 Å². The smallest absolute Gasteiger partial charge is 0.303 e. The fraction of sp³-hybridized carbons (Fsp3) is 0.385. The van der Waals surface area contributed by atoms with Crippen molar-refractivity contribution < 1.29 is 23.1 Å². The first-order valence-corrected chi connectivity index (χ1v) is 5.63. The first-order valence-electron chi connectivity index (χ1n) is 5.63. The van der Waals surface area contributed by atoms with Crippen LogP contribution >= 0.6 is 0 Å². The van der Waals surface area contributed by atoms with Gasteiger partial charge in [0.25, 0.3) is 0 Å². The minimum atomic E-state index is -0.999. The molecule has 0 aliphatic heterocycles. The average Bonchev–Trinajstić information content (AvgIpc) is 2.19. The molecule has 0 unspecified atom stereocenters. The number of carbonyl (C=O) groups excluding carboxylic acids is 1. The molecular formula is C13H15F2NO3. The number of hydroxylamine groups is 1. The molecule has 1 aromatic carbocycles. The molecule has 0 atom stereocenters. The second-order valence-corrected chi connectivity index (χ2v) is 4.72. The molecule has 1 rings (SSSR count). The maximum absolute atomic E-state index is 13.3. The van der Waals surface area contributed by atoms with Gasteiger partial charge < -0.3 is 9.94 Å². The molecule has 19 heavy (non-hydrogen) atoms. The molecule has 0 amide bonds. The van der Waals surface area contributed by atoms with Gasteiger partial charge in [0.05, 0.1) is 5.56 Å². The van der Waals surface area contributed by atoms with E-state index in [1.54, 1.807) is 13.8 Å². The van der Waals surface area contributed by atoms with E-state index in [0.717, 1.165) is 18.3 Å². The summed E-state index contributed by atoms with van der Waals surface area (Å²) in [6, 6.07) is 2.91. The summed E-state index contributed by atoms with van der Waals surface area (Å²) in [4.78, 5) is 10.8. The van der Waals surface area contributed by atoms with E-state index in [9.17, 15) is 18.8 Å². The van der Waals surface area contributed by atoms with E-state index < -0.39 is 23.2 Å². The zero-order chi connectivity index (χ0) is 14.6. The highest BCUT2D eigenvalue weighted by Gasteiger charge is 2.25. The van der Waals surface area contributed by atoms with Crippen molar-refractivity contribution in [1.82, 2.24) is 0 Å². The molecule has 0 saturated heterocycles. The van der Waals surface area contributed by atoms with Crippen molar-refractivity contribution in [2.45, 2.75) is 26.4 Å². The van der Waals surface area contributed by atoms with E-state index in [0.29, 0.717) is 10.8 Å². The Balaban J connectivity index is 2.85. The molecule has 0 bridgehead atoms. The van der Waals surface area contributed by atoms with Crippen molar-refractivity contribution in [2.24, 2.45) is 0 Å². The quantitative estimate of drug-likeness (QED) is 0.277. The Labute approximate surface area is 109 Å². The lowest BCUT2D eigenvalue weighted by Crippen LogP contribution is -2.36. The molecule has 0 N–H and O–H groups in total. The number of rotatable bonds is 4. The van der Waals surface area contributed by atoms with Crippen molar-refractivity contribution in [3.8, 4) is 0 Å². The summed E-state index contributed by atoms with van der Waals surface area (Å²) >= 11 is 0. The molecular weight excluding hydrogens is 256 g/mol. The lowest BCUT2D eigenvalue weighted by Gasteiger charge is -2.22. The summed E-state index contributed by atoms with van der Waals surface area (Å²) in [6.45, 7) is 4.20. The summed E-state index contributed by atoms with van der Waals surface area (Å²) in [5.41, 5.74) is -1.03. The first kappa shape index (κ1) is 15.1. The monoisotopic (exact) mass is 271 g/mol. The van der Waals surface area contributed by atoms with Gasteiger partial charge in [-0.3, -0.25) is 4.79 Å². The van der Waals surface area contributed by atoms with Gasteiger partial charge in [0, 0.05) is 13.0 Å². The zero-order valence-corrected chi connectivity index (χ0v) is 10.9. The summed E-state index contributed by atoms with van der Waals surface area (Å²) in [7, 11) is 0. The van der Waals surface area contributed by atoms with E-state index in [4.69, 9.17) is 4.74 Å². The van der Waals surface area contributed by atoms with Crippen LogP contribution in [-0.4, -0.2) is 29.1 Å². The average molecular weight is 271 g/mol. The predicted molar refractivity (Wildman–Crippen MR) is 65.9 cm³/mol. The highest BCUT2D eigenvalue weighted by Crippen LogP contribution is 2.11. The Morgan fingerprint density at radius 1 is 1.47 bits per heavy atom. The number of ether oxygens (including phenoxy) is 1. The fourth-order valence-corrected chi connectivity index (χ4v) is 1.60. The van der Waals surface area contributed by atoms with Crippen molar-refractivity contribution in [3.05, 3.63) is 40.6 Å². The number of hydrogen-bond donors (Lipinski definition) is 0. The fourth-order valence-electron chi connectivity index (χ4n) is 1.60. The van der Waals surface area contributed by atoms with Gasteiger partial charge in [0.1, 0.15) is 11.6 Å². The van der Waals surface area contributed by atoms with Gasteiger partial charge in [0.15, 0.2) is 18.4 Å². The van der Waals surface area contributed by atoms with Gasteiger partial charge >= 0.3 is 5.97 Å². The Hall–Kier alpha value is -1.98. The predicted octanol–water partition coefficient (Wildman–Crippen LogP) is 2.24. The molecule has 0 spiro atoms. The van der Waals surface area contributed by atoms with Crippen LogP contribution in [0.4, 0.5) is 8.78 Å². The maximum Gasteiger partial charge on any atom is 0.303 e. The third-order valence-electron chi connectivity index (χ3n) is 2.20. The number of carbonyl (C=O) groups is 1. The van der Waals surface area contributed by atoms with Crippen LogP contribution in [0.25, 0.3) is 0 Å².